The topological polar surface area (TPSA) is 119 Å². The maximum atomic E-state index is 8.80. The molecule has 13 heavy (non-hydrogen) atoms. The first-order valence-corrected chi connectivity index (χ1v) is 6.13. The fourth-order valence-electron chi connectivity index (χ4n) is 0.577. The predicted molar refractivity (Wildman–Crippen MR) is 45.5 cm³/mol. The number of rotatable bonds is 1. The van der Waals surface area contributed by atoms with Gasteiger partial charge in [-0.15, -0.1) is 0 Å². The summed E-state index contributed by atoms with van der Waals surface area (Å²) in [5.74, 6) is 1.56. The summed E-state index contributed by atoms with van der Waals surface area (Å²) in [5, 5.41) is 44.0. The Morgan fingerprint density at radius 3 is 1.00 bits per heavy atom. The molecule has 0 radical (unpaired) electrons. The van der Waals surface area contributed by atoms with Crippen LogP contribution >= 0.6 is 5.94 Å². The van der Waals surface area contributed by atoms with E-state index >= 15 is 0 Å². The van der Waals surface area contributed by atoms with E-state index < -0.39 is 5.94 Å². The minimum atomic E-state index is -5.35. The van der Waals surface area contributed by atoms with Crippen LogP contribution in [0, 0.1) is 55.4 Å². The Kier molecular flexibility index (Phi) is 1.83. The summed E-state index contributed by atoms with van der Waals surface area (Å²) in [5.41, 5.74) is 0. The SMILES string of the molecule is CC[P-](C#N)(C#N)(C#N)(C#N)C#N. The maximum absolute atomic E-state index is 8.80. The van der Waals surface area contributed by atoms with Gasteiger partial charge in [-0.05, 0) is 0 Å². The minimum absolute atomic E-state index is 0.346. The number of hydrogen-bond acceptors (Lipinski definition) is 5. The first-order chi connectivity index (χ1) is 5.97. The van der Waals surface area contributed by atoms with Gasteiger partial charge in [-0.1, -0.05) is 0 Å². The normalized spacial score (nSPS) is 14.2. The third-order valence-electron chi connectivity index (χ3n) is 2.14. The van der Waals surface area contributed by atoms with Crippen LogP contribution in [0.2, 0.25) is 0 Å². The van der Waals surface area contributed by atoms with Gasteiger partial charge < -0.3 is 0 Å². The van der Waals surface area contributed by atoms with Crippen molar-refractivity contribution >= 4 is 5.94 Å². The van der Waals surface area contributed by atoms with Gasteiger partial charge in [-0.2, -0.15) is 0 Å². The molecule has 0 aliphatic heterocycles. The molecule has 0 rings (SSSR count). The van der Waals surface area contributed by atoms with Crippen molar-refractivity contribution in [1.29, 1.82) is 26.3 Å². The molecule has 5 nitrogen and oxygen atoms in total. The Hall–Kier alpha value is -2.12. The summed E-state index contributed by atoms with van der Waals surface area (Å²) >= 11 is 0. The zero-order valence-corrected chi connectivity index (χ0v) is 7.78. The molecule has 0 N–H and O–H groups in total. The van der Waals surface area contributed by atoms with Crippen molar-refractivity contribution in [3.05, 3.63) is 0 Å². The van der Waals surface area contributed by atoms with Gasteiger partial charge in [-0.3, -0.25) is 0 Å². The number of hydrogen-bond donors (Lipinski definition) is 0. The van der Waals surface area contributed by atoms with Crippen LogP contribution in [0.15, 0.2) is 0 Å². The number of nitrogens with zero attached hydrogens (tertiary/aromatic N) is 5. The van der Waals surface area contributed by atoms with E-state index in [4.69, 9.17) is 26.3 Å². The molecule has 0 aliphatic rings. The molecular weight excluding hydrogens is 185 g/mol. The van der Waals surface area contributed by atoms with E-state index in [1.54, 1.807) is 0 Å². The zero-order chi connectivity index (χ0) is 10.7. The van der Waals surface area contributed by atoms with Crippen LogP contribution < -0.4 is 0 Å². The molecule has 64 valence electrons. The van der Waals surface area contributed by atoms with Crippen LogP contribution in [0.3, 0.4) is 0 Å². The molecule has 0 saturated carbocycles. The average molecular weight is 190 g/mol. The predicted octanol–water partition coefficient (Wildman–Crippen LogP) is 1.50. The fourth-order valence-corrected chi connectivity index (χ4v) is 1.73. The molecule has 6 heteroatoms. The van der Waals surface area contributed by atoms with Crippen LogP contribution in [0.4, 0.5) is 0 Å². The van der Waals surface area contributed by atoms with E-state index in [9.17, 15) is 0 Å². The van der Waals surface area contributed by atoms with E-state index in [-0.39, 0.29) is 6.16 Å². The summed E-state index contributed by atoms with van der Waals surface area (Å²) < 4.78 is 0. The van der Waals surface area contributed by atoms with E-state index in [0.29, 0.717) is 0 Å². The van der Waals surface area contributed by atoms with Crippen molar-refractivity contribution in [3.8, 4) is 29.1 Å². The second-order valence-corrected chi connectivity index (χ2v) is 8.17. The molecule has 0 amide bonds. The van der Waals surface area contributed by atoms with Crippen LogP contribution in [-0.2, 0) is 0 Å². The molecule has 0 aliphatic carbocycles. The summed E-state index contributed by atoms with van der Waals surface area (Å²) in [6.45, 7) is 1.33. The van der Waals surface area contributed by atoms with Crippen LogP contribution in [0.5, 0.6) is 0 Å². The van der Waals surface area contributed by atoms with Crippen molar-refractivity contribution in [3.63, 3.8) is 0 Å². The van der Waals surface area contributed by atoms with Crippen LogP contribution in [0.25, 0.3) is 0 Å². The van der Waals surface area contributed by atoms with Crippen molar-refractivity contribution < 1.29 is 0 Å². The van der Waals surface area contributed by atoms with Gasteiger partial charge in [0.25, 0.3) is 0 Å². The van der Waals surface area contributed by atoms with Crippen LogP contribution in [-0.4, -0.2) is 6.16 Å². The molecular formula is C7H5N5P-. The molecule has 0 heterocycles. The first-order valence-electron chi connectivity index (χ1n) is 3.26. The van der Waals surface area contributed by atoms with E-state index in [1.807, 2.05) is 0 Å². The molecule has 0 saturated heterocycles. The quantitative estimate of drug-likeness (QED) is 0.580. The Morgan fingerprint density at radius 2 is 1.00 bits per heavy atom. The van der Waals surface area contributed by atoms with Crippen molar-refractivity contribution in [2.75, 3.05) is 6.16 Å². The van der Waals surface area contributed by atoms with Crippen molar-refractivity contribution in [2.24, 2.45) is 0 Å². The molecule has 0 aromatic heterocycles. The molecule has 0 bridgehead atoms. The number of nitriles is 5. The van der Waals surface area contributed by atoms with Gasteiger partial charge in [0.15, 0.2) is 0 Å². The van der Waals surface area contributed by atoms with Gasteiger partial charge in [0, 0.05) is 0 Å². The van der Waals surface area contributed by atoms with Gasteiger partial charge in [0.05, 0.1) is 0 Å². The first kappa shape index (κ1) is 10.9. The summed E-state index contributed by atoms with van der Waals surface area (Å²) in [4.78, 5) is 0. The molecule has 0 spiro atoms. The molecule has 0 atom stereocenters. The third-order valence-corrected chi connectivity index (χ3v) is 6.43. The van der Waals surface area contributed by atoms with Crippen molar-refractivity contribution in [2.45, 2.75) is 6.92 Å². The second kappa shape index (κ2) is 2.19. The van der Waals surface area contributed by atoms with E-state index in [1.165, 1.54) is 36.0 Å². The van der Waals surface area contributed by atoms with Gasteiger partial charge in [-0.25, -0.2) is 0 Å². The second-order valence-electron chi connectivity index (χ2n) is 2.72. The average Bonchev–Trinajstić information content (AvgIpc) is 2.26. The van der Waals surface area contributed by atoms with Gasteiger partial charge in [0.2, 0.25) is 0 Å². The summed E-state index contributed by atoms with van der Waals surface area (Å²) in [6.07, 6.45) is -0.346. The van der Waals surface area contributed by atoms with E-state index in [2.05, 4.69) is 0 Å². The molecule has 0 unspecified atom stereocenters. The van der Waals surface area contributed by atoms with E-state index in [0.717, 1.165) is 0 Å². The molecule has 0 aromatic rings. The summed E-state index contributed by atoms with van der Waals surface area (Å²) in [6, 6.07) is 0. The Labute approximate surface area is 75.1 Å². The van der Waals surface area contributed by atoms with Gasteiger partial charge in [0.1, 0.15) is 0 Å². The Morgan fingerprint density at radius 1 is 0.769 bits per heavy atom. The van der Waals surface area contributed by atoms with Gasteiger partial charge >= 0.3 is 74.4 Å². The monoisotopic (exact) mass is 190 g/mol. The third kappa shape index (κ3) is 0.789. The Bertz CT molecular complexity index is 363. The Balaban J connectivity index is 6.64. The molecule has 0 aromatic carbocycles. The van der Waals surface area contributed by atoms with Crippen LogP contribution in [0.1, 0.15) is 6.92 Å². The summed E-state index contributed by atoms with van der Waals surface area (Å²) in [7, 11) is 0. The zero-order valence-electron chi connectivity index (χ0n) is 6.89. The fraction of sp³-hybridized carbons (Fsp3) is 0.286. The standard InChI is InChI=1S/C7H5N5P/c1-2-13(3-8,4-9,5-10,6-11)7-12/h2H2,1H3/q-1. The molecule has 0 fully saturated rings. The van der Waals surface area contributed by atoms with Crippen molar-refractivity contribution in [1.82, 2.24) is 0 Å².